The highest BCUT2D eigenvalue weighted by Gasteiger charge is 2.37. The lowest BCUT2D eigenvalue weighted by Gasteiger charge is -2.31. The lowest BCUT2D eigenvalue weighted by atomic mass is 10.2. The monoisotopic (exact) mass is 384 g/mol. The van der Waals surface area contributed by atoms with E-state index in [4.69, 9.17) is 4.74 Å². The second-order valence-electron chi connectivity index (χ2n) is 6.08. The van der Waals surface area contributed by atoms with Crippen LogP contribution in [0.4, 0.5) is 20.6 Å². The van der Waals surface area contributed by atoms with Gasteiger partial charge in [0.25, 0.3) is 5.91 Å². The van der Waals surface area contributed by atoms with Gasteiger partial charge >= 0.3 is 6.09 Å². The normalized spacial score (nSPS) is 22.1. The van der Waals surface area contributed by atoms with Crippen molar-refractivity contribution in [1.29, 1.82) is 0 Å². The molecule has 1 N–H and O–H groups in total. The first-order valence-electron chi connectivity index (χ1n) is 8.22. The van der Waals surface area contributed by atoms with Crippen LogP contribution in [0.25, 0.3) is 0 Å². The van der Waals surface area contributed by atoms with Gasteiger partial charge in [0.15, 0.2) is 6.10 Å². The molecule has 2 aliphatic heterocycles. The quantitative estimate of drug-likeness (QED) is 0.833. The number of ether oxygens (including phenoxy) is 1. The Labute approximate surface area is 151 Å². The first kappa shape index (κ1) is 18.4. The Morgan fingerprint density at radius 2 is 2.08 bits per heavy atom. The SMILES string of the molecule is CN=S1(=O)CCN(c2ccc(N3C[C@H](C(=O)NC)OC3=O)cc2F)CC1. The Bertz CT molecular complexity index is 839. The number of hydrogen-bond acceptors (Lipinski definition) is 6. The van der Waals surface area contributed by atoms with Crippen LogP contribution in [-0.2, 0) is 19.3 Å². The molecule has 2 saturated heterocycles. The fraction of sp³-hybridized carbons (Fsp3) is 0.500. The number of benzene rings is 1. The predicted molar refractivity (Wildman–Crippen MR) is 96.5 cm³/mol. The van der Waals surface area contributed by atoms with Crippen molar-refractivity contribution in [1.82, 2.24) is 5.32 Å². The molecule has 3 rings (SSSR count). The van der Waals surface area contributed by atoms with Crippen LogP contribution in [0.15, 0.2) is 22.6 Å². The van der Waals surface area contributed by atoms with Crippen LogP contribution in [0.5, 0.6) is 0 Å². The smallest absolute Gasteiger partial charge is 0.415 e. The molecular formula is C16H21FN4O4S. The van der Waals surface area contributed by atoms with E-state index in [1.54, 1.807) is 19.2 Å². The number of likely N-dealkylation sites (N-methyl/N-ethyl adjacent to an activating group) is 1. The number of carbonyl (C=O) groups is 2. The topological polar surface area (TPSA) is 91.3 Å². The van der Waals surface area contributed by atoms with Gasteiger partial charge in [-0.2, -0.15) is 0 Å². The van der Waals surface area contributed by atoms with Gasteiger partial charge in [-0.15, -0.1) is 0 Å². The summed E-state index contributed by atoms with van der Waals surface area (Å²) >= 11 is 0. The molecular weight excluding hydrogens is 363 g/mol. The third-order valence-corrected chi connectivity index (χ3v) is 6.93. The van der Waals surface area contributed by atoms with E-state index in [1.807, 2.05) is 4.90 Å². The average Bonchev–Trinajstić information content (AvgIpc) is 3.04. The van der Waals surface area contributed by atoms with Crippen LogP contribution in [0.3, 0.4) is 0 Å². The van der Waals surface area contributed by atoms with Gasteiger partial charge in [0, 0.05) is 48.4 Å². The second-order valence-corrected chi connectivity index (χ2v) is 8.81. The van der Waals surface area contributed by atoms with E-state index < -0.39 is 33.7 Å². The lowest BCUT2D eigenvalue weighted by Crippen LogP contribution is -2.40. The summed E-state index contributed by atoms with van der Waals surface area (Å²) in [5, 5.41) is 2.42. The molecule has 0 spiro atoms. The third-order valence-electron chi connectivity index (χ3n) is 4.63. The minimum atomic E-state index is -2.17. The van der Waals surface area contributed by atoms with Gasteiger partial charge < -0.3 is 15.0 Å². The Morgan fingerprint density at radius 1 is 1.38 bits per heavy atom. The number of hydrogen-bond donors (Lipinski definition) is 1. The fourth-order valence-electron chi connectivity index (χ4n) is 3.03. The van der Waals surface area contributed by atoms with Crippen LogP contribution in [-0.4, -0.2) is 67.5 Å². The minimum Gasteiger partial charge on any atom is -0.434 e. The summed E-state index contributed by atoms with van der Waals surface area (Å²) < 4.78 is 35.8. The summed E-state index contributed by atoms with van der Waals surface area (Å²) in [5.74, 6) is -0.0924. The number of carbonyl (C=O) groups excluding carboxylic acids is 2. The number of anilines is 2. The first-order valence-corrected chi connectivity index (χ1v) is 10.1. The Kier molecular flexibility index (Phi) is 5.03. The summed E-state index contributed by atoms with van der Waals surface area (Å²) in [5.41, 5.74) is 0.716. The van der Waals surface area contributed by atoms with Gasteiger partial charge in [-0.3, -0.25) is 9.69 Å². The van der Waals surface area contributed by atoms with Crippen LogP contribution in [0.2, 0.25) is 0 Å². The molecule has 0 saturated carbocycles. The van der Waals surface area contributed by atoms with Crippen molar-refractivity contribution in [2.24, 2.45) is 4.36 Å². The number of nitrogens with zero attached hydrogens (tertiary/aromatic N) is 3. The molecule has 2 fully saturated rings. The van der Waals surface area contributed by atoms with Crippen molar-refractivity contribution in [3.05, 3.63) is 24.0 Å². The summed E-state index contributed by atoms with van der Waals surface area (Å²) in [6, 6.07) is 4.45. The molecule has 2 amide bonds. The zero-order valence-corrected chi connectivity index (χ0v) is 15.4. The zero-order valence-electron chi connectivity index (χ0n) is 14.6. The van der Waals surface area contributed by atoms with Crippen molar-refractivity contribution in [3.8, 4) is 0 Å². The maximum Gasteiger partial charge on any atom is 0.415 e. The van der Waals surface area contributed by atoms with Crippen LogP contribution in [0, 0.1) is 5.82 Å². The maximum absolute atomic E-state index is 14.6. The molecule has 0 radical (unpaired) electrons. The molecule has 1 atom stereocenters. The van der Waals surface area contributed by atoms with Gasteiger partial charge in [0.2, 0.25) is 0 Å². The Balaban J connectivity index is 1.75. The van der Waals surface area contributed by atoms with Crippen LogP contribution in [0.1, 0.15) is 0 Å². The molecule has 0 bridgehead atoms. The van der Waals surface area contributed by atoms with Crippen molar-refractivity contribution in [3.63, 3.8) is 0 Å². The predicted octanol–water partition coefficient (Wildman–Crippen LogP) is 0.815. The van der Waals surface area contributed by atoms with Crippen molar-refractivity contribution < 1.29 is 22.9 Å². The highest BCUT2D eigenvalue weighted by molar-refractivity contribution is 7.93. The molecule has 2 heterocycles. The van der Waals surface area contributed by atoms with Gasteiger partial charge in [-0.1, -0.05) is 0 Å². The van der Waals surface area contributed by atoms with E-state index in [9.17, 15) is 18.2 Å². The van der Waals surface area contributed by atoms with Crippen LogP contribution >= 0.6 is 0 Å². The van der Waals surface area contributed by atoms with E-state index in [-0.39, 0.29) is 6.54 Å². The standard InChI is InChI=1S/C16H21FN4O4S/c1-18-15(22)14-10-21(16(23)25-14)11-3-4-13(12(17)9-11)20-5-7-26(24,19-2)8-6-20/h3-4,9,14H,5-8,10H2,1-2H3,(H,18,22)/t14-/m1/s1. The zero-order chi connectivity index (χ0) is 18.9. The number of amides is 2. The highest BCUT2D eigenvalue weighted by Crippen LogP contribution is 2.29. The molecule has 0 aromatic heterocycles. The maximum atomic E-state index is 14.6. The largest absolute Gasteiger partial charge is 0.434 e. The molecule has 1 aromatic carbocycles. The fourth-order valence-corrected chi connectivity index (χ4v) is 4.61. The van der Waals surface area contributed by atoms with Crippen molar-refractivity contribution in [2.45, 2.75) is 6.10 Å². The number of rotatable bonds is 3. The first-order chi connectivity index (χ1) is 12.4. The molecule has 8 nitrogen and oxygen atoms in total. The van der Waals surface area contributed by atoms with Crippen molar-refractivity contribution >= 4 is 33.1 Å². The number of halogens is 1. The summed E-state index contributed by atoms with van der Waals surface area (Å²) in [6.45, 7) is 0.939. The van der Waals surface area contributed by atoms with E-state index in [0.717, 1.165) is 0 Å². The highest BCUT2D eigenvalue weighted by atomic mass is 32.2. The molecule has 10 heteroatoms. The van der Waals surface area contributed by atoms with E-state index in [0.29, 0.717) is 36.0 Å². The van der Waals surface area contributed by atoms with Gasteiger partial charge in [0.1, 0.15) is 5.82 Å². The Morgan fingerprint density at radius 3 is 2.65 bits per heavy atom. The van der Waals surface area contributed by atoms with Crippen LogP contribution < -0.4 is 15.1 Å². The lowest BCUT2D eigenvalue weighted by molar-refractivity contribution is -0.127. The van der Waals surface area contributed by atoms with E-state index >= 15 is 0 Å². The molecule has 0 unspecified atom stereocenters. The van der Waals surface area contributed by atoms with E-state index in [1.165, 1.54) is 18.0 Å². The summed E-state index contributed by atoms with van der Waals surface area (Å²) in [6.07, 6.45) is -1.60. The Hall–Kier alpha value is -2.36. The molecule has 26 heavy (non-hydrogen) atoms. The van der Waals surface area contributed by atoms with Gasteiger partial charge in [-0.25, -0.2) is 17.8 Å². The van der Waals surface area contributed by atoms with Crippen molar-refractivity contribution in [2.75, 3.05) is 55.0 Å². The minimum absolute atomic E-state index is 0.0288. The summed E-state index contributed by atoms with van der Waals surface area (Å²) in [7, 11) is 0.831. The second kappa shape index (κ2) is 7.10. The van der Waals surface area contributed by atoms with Gasteiger partial charge in [0.05, 0.1) is 17.9 Å². The number of cyclic esters (lactones) is 1. The molecule has 2 aliphatic rings. The summed E-state index contributed by atoms with van der Waals surface area (Å²) in [4.78, 5) is 26.6. The van der Waals surface area contributed by atoms with Gasteiger partial charge in [-0.05, 0) is 18.2 Å². The third kappa shape index (κ3) is 3.46. The molecule has 0 aliphatic carbocycles. The molecule has 142 valence electrons. The van der Waals surface area contributed by atoms with E-state index in [2.05, 4.69) is 9.68 Å². The average molecular weight is 384 g/mol. The number of nitrogens with one attached hydrogen (secondary N) is 1. The molecule has 1 aromatic rings.